The van der Waals surface area contributed by atoms with E-state index in [1.54, 1.807) is 6.07 Å². The highest BCUT2D eigenvalue weighted by atomic mass is 16.6. The van der Waals surface area contributed by atoms with Gasteiger partial charge in [-0.2, -0.15) is 0 Å². The second kappa shape index (κ2) is 4.59. The standard InChI is InChI=1S/C15H13N3O3/c1-8-5-9(2)14-13(6-8)17-15(21-14)11-4-3-10(18(19)20)7-12(11)16/h3-7H,16H2,1-2H3. The number of hydrogen-bond acceptors (Lipinski definition) is 5. The van der Waals surface area contributed by atoms with E-state index in [9.17, 15) is 10.1 Å². The number of benzene rings is 2. The third kappa shape index (κ3) is 2.20. The molecule has 0 amide bonds. The first-order valence-corrected chi connectivity index (χ1v) is 6.38. The summed E-state index contributed by atoms with van der Waals surface area (Å²) >= 11 is 0. The zero-order valence-corrected chi connectivity index (χ0v) is 11.6. The van der Waals surface area contributed by atoms with Gasteiger partial charge < -0.3 is 10.2 Å². The zero-order chi connectivity index (χ0) is 15.1. The molecule has 1 aromatic heterocycles. The van der Waals surface area contributed by atoms with Gasteiger partial charge in [-0.15, -0.1) is 0 Å². The molecule has 0 fully saturated rings. The summed E-state index contributed by atoms with van der Waals surface area (Å²) < 4.78 is 5.76. The Kier molecular flexibility index (Phi) is 2.86. The summed E-state index contributed by atoms with van der Waals surface area (Å²) in [6.45, 7) is 3.94. The van der Waals surface area contributed by atoms with Crippen LogP contribution in [0.4, 0.5) is 11.4 Å². The fourth-order valence-corrected chi connectivity index (χ4v) is 2.35. The van der Waals surface area contributed by atoms with Gasteiger partial charge in [-0.3, -0.25) is 10.1 Å². The van der Waals surface area contributed by atoms with E-state index in [1.165, 1.54) is 12.1 Å². The van der Waals surface area contributed by atoms with Gasteiger partial charge in [-0.25, -0.2) is 4.98 Å². The maximum atomic E-state index is 10.7. The molecule has 2 N–H and O–H groups in total. The minimum atomic E-state index is -0.486. The predicted octanol–water partition coefficient (Wildman–Crippen LogP) is 3.60. The molecule has 0 aliphatic heterocycles. The lowest BCUT2D eigenvalue weighted by molar-refractivity contribution is -0.384. The summed E-state index contributed by atoms with van der Waals surface area (Å²) in [4.78, 5) is 14.7. The quantitative estimate of drug-likeness (QED) is 0.440. The number of fused-ring (bicyclic) bond motifs is 1. The Morgan fingerprint density at radius 1 is 1.24 bits per heavy atom. The molecule has 106 valence electrons. The molecule has 0 aliphatic rings. The number of oxazole rings is 1. The van der Waals surface area contributed by atoms with Crippen molar-refractivity contribution >= 4 is 22.5 Å². The molecule has 0 radical (unpaired) electrons. The highest BCUT2D eigenvalue weighted by Crippen LogP contribution is 2.32. The molecular weight excluding hydrogens is 270 g/mol. The molecule has 3 rings (SSSR count). The van der Waals surface area contributed by atoms with E-state index < -0.39 is 4.92 Å². The van der Waals surface area contributed by atoms with Gasteiger partial charge in [0.05, 0.1) is 16.2 Å². The molecule has 6 heteroatoms. The lowest BCUT2D eigenvalue weighted by atomic mass is 10.1. The van der Waals surface area contributed by atoms with Crippen molar-refractivity contribution in [1.29, 1.82) is 0 Å². The lowest BCUT2D eigenvalue weighted by Crippen LogP contribution is -1.94. The van der Waals surface area contributed by atoms with Gasteiger partial charge in [-0.1, -0.05) is 6.07 Å². The summed E-state index contributed by atoms with van der Waals surface area (Å²) in [5.74, 6) is 0.367. The highest BCUT2D eigenvalue weighted by molar-refractivity contribution is 5.82. The zero-order valence-electron chi connectivity index (χ0n) is 11.6. The van der Waals surface area contributed by atoms with Crippen molar-refractivity contribution in [2.45, 2.75) is 13.8 Å². The van der Waals surface area contributed by atoms with Crippen LogP contribution in [0.2, 0.25) is 0 Å². The SMILES string of the molecule is Cc1cc(C)c2oc(-c3ccc([N+](=O)[O-])cc3N)nc2c1. The molecule has 0 spiro atoms. The van der Waals surface area contributed by atoms with Crippen molar-refractivity contribution in [3.63, 3.8) is 0 Å². The number of hydrogen-bond donors (Lipinski definition) is 1. The molecule has 2 aromatic carbocycles. The van der Waals surface area contributed by atoms with Crippen LogP contribution in [0.15, 0.2) is 34.7 Å². The molecule has 1 heterocycles. The van der Waals surface area contributed by atoms with Crippen molar-refractivity contribution in [2.24, 2.45) is 0 Å². The third-order valence-corrected chi connectivity index (χ3v) is 3.30. The smallest absolute Gasteiger partial charge is 0.271 e. The fourth-order valence-electron chi connectivity index (χ4n) is 2.35. The fraction of sp³-hybridized carbons (Fsp3) is 0.133. The Bertz CT molecular complexity index is 868. The van der Waals surface area contributed by atoms with E-state index in [0.717, 1.165) is 16.6 Å². The number of rotatable bonds is 2. The molecule has 0 saturated heterocycles. The van der Waals surface area contributed by atoms with Crippen LogP contribution in [0, 0.1) is 24.0 Å². The Hall–Kier alpha value is -2.89. The number of nitrogen functional groups attached to an aromatic ring is 1. The van der Waals surface area contributed by atoms with Crippen LogP contribution in [0.3, 0.4) is 0 Å². The van der Waals surface area contributed by atoms with Crippen LogP contribution in [0.5, 0.6) is 0 Å². The summed E-state index contributed by atoms with van der Waals surface area (Å²) in [6, 6.07) is 8.19. The Morgan fingerprint density at radius 2 is 2.00 bits per heavy atom. The first kappa shape index (κ1) is 13.1. The Morgan fingerprint density at radius 3 is 2.67 bits per heavy atom. The Labute approximate surface area is 120 Å². The van der Waals surface area contributed by atoms with Crippen LogP contribution < -0.4 is 5.73 Å². The van der Waals surface area contributed by atoms with Gasteiger partial charge in [0.2, 0.25) is 5.89 Å². The van der Waals surface area contributed by atoms with Gasteiger partial charge in [0.1, 0.15) is 5.52 Å². The van der Waals surface area contributed by atoms with Gasteiger partial charge in [0.15, 0.2) is 5.58 Å². The molecule has 0 aliphatic carbocycles. The number of aryl methyl sites for hydroxylation is 2. The number of nitro benzene ring substituents is 1. The first-order chi connectivity index (χ1) is 9.95. The molecule has 21 heavy (non-hydrogen) atoms. The number of nitrogens with zero attached hydrogens (tertiary/aromatic N) is 2. The van der Waals surface area contributed by atoms with E-state index in [0.29, 0.717) is 17.0 Å². The summed E-state index contributed by atoms with van der Waals surface area (Å²) in [5.41, 5.74) is 10.2. The summed E-state index contributed by atoms with van der Waals surface area (Å²) in [6.07, 6.45) is 0. The molecule has 0 bridgehead atoms. The molecule has 0 atom stereocenters. The van der Waals surface area contributed by atoms with E-state index in [-0.39, 0.29) is 11.4 Å². The largest absolute Gasteiger partial charge is 0.436 e. The van der Waals surface area contributed by atoms with Crippen molar-refractivity contribution in [1.82, 2.24) is 4.98 Å². The van der Waals surface area contributed by atoms with Crippen LogP contribution in [0.25, 0.3) is 22.6 Å². The monoisotopic (exact) mass is 283 g/mol. The average Bonchev–Trinajstić information content (AvgIpc) is 2.82. The number of non-ortho nitro benzene ring substituents is 1. The van der Waals surface area contributed by atoms with Crippen molar-refractivity contribution in [2.75, 3.05) is 5.73 Å². The van der Waals surface area contributed by atoms with Crippen molar-refractivity contribution in [3.8, 4) is 11.5 Å². The van der Waals surface area contributed by atoms with Gasteiger partial charge >= 0.3 is 0 Å². The van der Waals surface area contributed by atoms with Gasteiger partial charge in [-0.05, 0) is 37.1 Å². The number of nitrogens with two attached hydrogens (primary N) is 1. The minimum absolute atomic E-state index is 0.0561. The van der Waals surface area contributed by atoms with E-state index >= 15 is 0 Å². The maximum absolute atomic E-state index is 10.7. The van der Waals surface area contributed by atoms with Gasteiger partial charge in [0, 0.05) is 12.1 Å². The van der Waals surface area contributed by atoms with Crippen LogP contribution in [-0.2, 0) is 0 Å². The topological polar surface area (TPSA) is 95.2 Å². The van der Waals surface area contributed by atoms with E-state index in [1.807, 2.05) is 26.0 Å². The Balaban J connectivity index is 2.17. The van der Waals surface area contributed by atoms with Gasteiger partial charge in [0.25, 0.3) is 5.69 Å². The lowest BCUT2D eigenvalue weighted by Gasteiger charge is -2.00. The van der Waals surface area contributed by atoms with Crippen molar-refractivity contribution in [3.05, 3.63) is 51.6 Å². The normalized spacial score (nSPS) is 11.0. The first-order valence-electron chi connectivity index (χ1n) is 6.38. The molecule has 0 unspecified atom stereocenters. The number of aromatic nitrogens is 1. The minimum Gasteiger partial charge on any atom is -0.436 e. The number of nitro groups is 1. The summed E-state index contributed by atoms with van der Waals surface area (Å²) in [5, 5.41) is 10.7. The molecule has 0 saturated carbocycles. The second-order valence-corrected chi connectivity index (χ2v) is 4.98. The molecular formula is C15H13N3O3. The van der Waals surface area contributed by atoms with Crippen LogP contribution in [0.1, 0.15) is 11.1 Å². The van der Waals surface area contributed by atoms with E-state index in [2.05, 4.69) is 4.98 Å². The second-order valence-electron chi connectivity index (χ2n) is 4.98. The summed E-state index contributed by atoms with van der Waals surface area (Å²) in [7, 11) is 0. The van der Waals surface area contributed by atoms with Crippen LogP contribution in [-0.4, -0.2) is 9.91 Å². The third-order valence-electron chi connectivity index (χ3n) is 3.30. The highest BCUT2D eigenvalue weighted by Gasteiger charge is 2.15. The molecule has 3 aromatic rings. The van der Waals surface area contributed by atoms with E-state index in [4.69, 9.17) is 10.2 Å². The molecule has 6 nitrogen and oxygen atoms in total. The maximum Gasteiger partial charge on any atom is 0.271 e. The average molecular weight is 283 g/mol. The van der Waals surface area contributed by atoms with Crippen LogP contribution >= 0.6 is 0 Å². The van der Waals surface area contributed by atoms with Crippen molar-refractivity contribution < 1.29 is 9.34 Å². The number of anilines is 1. The predicted molar refractivity (Wildman–Crippen MR) is 80.0 cm³/mol.